The smallest absolute Gasteiger partial charge is 0.306 e. The third-order valence-corrected chi connectivity index (χ3v) is 13.9. The first-order chi connectivity index (χ1) is 34.5. The van der Waals surface area contributed by atoms with E-state index in [0.29, 0.717) is 19.3 Å². The highest BCUT2D eigenvalue weighted by Gasteiger charge is 2.19. The molecule has 0 aliphatic heterocycles. The van der Waals surface area contributed by atoms with Gasteiger partial charge in [0.15, 0.2) is 6.10 Å². The van der Waals surface area contributed by atoms with Gasteiger partial charge >= 0.3 is 17.9 Å². The third kappa shape index (κ3) is 56.5. The number of hydrogen-bond acceptors (Lipinski definition) is 6. The maximum Gasteiger partial charge on any atom is 0.306 e. The molecule has 6 heteroatoms. The van der Waals surface area contributed by atoms with Crippen molar-refractivity contribution in [3.8, 4) is 0 Å². The molecule has 0 fully saturated rings. The molecule has 0 radical (unpaired) electrons. The number of allylic oxidation sites excluding steroid dienone is 6. The first kappa shape index (κ1) is 67.6. The van der Waals surface area contributed by atoms with E-state index < -0.39 is 6.10 Å². The second-order valence-corrected chi connectivity index (χ2v) is 21.0. The molecule has 1 atom stereocenters. The molecule has 70 heavy (non-hydrogen) atoms. The van der Waals surface area contributed by atoms with Crippen LogP contribution in [-0.4, -0.2) is 37.2 Å². The van der Waals surface area contributed by atoms with Crippen molar-refractivity contribution >= 4 is 17.9 Å². The lowest BCUT2D eigenvalue weighted by atomic mass is 10.0. The lowest BCUT2D eigenvalue weighted by Crippen LogP contribution is -2.30. The van der Waals surface area contributed by atoms with Gasteiger partial charge in [-0.3, -0.25) is 14.4 Å². The molecule has 0 bridgehead atoms. The highest BCUT2D eigenvalue weighted by Crippen LogP contribution is 2.17. The Balaban J connectivity index is 4.11. The Labute approximate surface area is 435 Å². The van der Waals surface area contributed by atoms with Gasteiger partial charge in [0.05, 0.1) is 0 Å². The second kappa shape index (κ2) is 59.2. The van der Waals surface area contributed by atoms with Crippen LogP contribution in [0.15, 0.2) is 36.5 Å². The van der Waals surface area contributed by atoms with Gasteiger partial charge in [-0.05, 0) is 77.0 Å². The molecule has 0 aromatic heterocycles. The summed E-state index contributed by atoms with van der Waals surface area (Å²) in [5.74, 6) is -0.866. The van der Waals surface area contributed by atoms with Crippen molar-refractivity contribution in [3.63, 3.8) is 0 Å². The molecule has 0 heterocycles. The number of rotatable bonds is 57. The lowest BCUT2D eigenvalue weighted by Gasteiger charge is -2.18. The van der Waals surface area contributed by atoms with Gasteiger partial charge in [0, 0.05) is 19.3 Å². The minimum Gasteiger partial charge on any atom is -0.462 e. The molecule has 0 aromatic rings. The molecule has 0 N–H and O–H groups in total. The number of carbonyl (C=O) groups excluding carboxylic acids is 3. The molecule has 0 rings (SSSR count). The van der Waals surface area contributed by atoms with Crippen molar-refractivity contribution in [2.75, 3.05) is 13.2 Å². The van der Waals surface area contributed by atoms with Crippen LogP contribution in [0, 0.1) is 0 Å². The zero-order valence-corrected chi connectivity index (χ0v) is 47.1. The monoisotopic (exact) mass is 983 g/mol. The summed E-state index contributed by atoms with van der Waals surface area (Å²) in [5, 5.41) is 0. The molecular formula is C64H118O6. The molecule has 1 unspecified atom stereocenters. The first-order valence-electron chi connectivity index (χ1n) is 31.0. The van der Waals surface area contributed by atoms with Crippen LogP contribution < -0.4 is 0 Å². The average Bonchev–Trinajstić information content (AvgIpc) is 3.36. The normalized spacial score (nSPS) is 12.2. The fraction of sp³-hybridized carbons (Fsp3) is 0.859. The molecule has 410 valence electrons. The number of unbranched alkanes of at least 4 members (excludes halogenated alkanes) is 40. The maximum atomic E-state index is 12.8. The number of carbonyl (C=O) groups is 3. The largest absolute Gasteiger partial charge is 0.462 e. The van der Waals surface area contributed by atoms with Crippen LogP contribution >= 0.6 is 0 Å². The van der Waals surface area contributed by atoms with Gasteiger partial charge in [0.1, 0.15) is 13.2 Å². The minimum atomic E-state index is -0.772. The maximum absolute atomic E-state index is 12.8. The molecule has 0 amide bonds. The van der Waals surface area contributed by atoms with Gasteiger partial charge in [-0.25, -0.2) is 0 Å². The van der Waals surface area contributed by atoms with Crippen molar-refractivity contribution < 1.29 is 28.6 Å². The van der Waals surface area contributed by atoms with E-state index in [4.69, 9.17) is 14.2 Å². The summed E-state index contributed by atoms with van der Waals surface area (Å²) in [6.07, 6.45) is 71.7. The van der Waals surface area contributed by atoms with E-state index in [0.717, 1.165) is 70.6 Å². The van der Waals surface area contributed by atoms with Crippen LogP contribution in [0.2, 0.25) is 0 Å². The van der Waals surface area contributed by atoms with Crippen molar-refractivity contribution in [3.05, 3.63) is 36.5 Å². The van der Waals surface area contributed by atoms with Gasteiger partial charge in [-0.2, -0.15) is 0 Å². The van der Waals surface area contributed by atoms with Gasteiger partial charge < -0.3 is 14.2 Å². The van der Waals surface area contributed by atoms with Crippen molar-refractivity contribution in [2.45, 2.75) is 341 Å². The first-order valence-corrected chi connectivity index (χ1v) is 31.0. The van der Waals surface area contributed by atoms with Crippen LogP contribution in [0.1, 0.15) is 335 Å². The van der Waals surface area contributed by atoms with E-state index in [9.17, 15) is 14.4 Å². The molecule has 0 aliphatic rings. The number of hydrogen-bond donors (Lipinski definition) is 0. The summed E-state index contributed by atoms with van der Waals surface area (Å²) >= 11 is 0. The zero-order chi connectivity index (χ0) is 50.7. The molecule has 0 spiro atoms. The summed E-state index contributed by atoms with van der Waals surface area (Å²) in [7, 11) is 0. The number of esters is 3. The van der Waals surface area contributed by atoms with E-state index in [-0.39, 0.29) is 31.1 Å². The summed E-state index contributed by atoms with van der Waals surface area (Å²) in [4.78, 5) is 38.0. The molecule has 0 saturated carbocycles. The van der Waals surface area contributed by atoms with E-state index >= 15 is 0 Å². The Kier molecular flexibility index (Phi) is 57.2. The van der Waals surface area contributed by atoms with Crippen molar-refractivity contribution in [1.29, 1.82) is 0 Å². The molecular weight excluding hydrogens is 865 g/mol. The Morgan fingerprint density at radius 2 is 0.514 bits per heavy atom. The Morgan fingerprint density at radius 3 is 0.829 bits per heavy atom. The lowest BCUT2D eigenvalue weighted by molar-refractivity contribution is -0.167. The molecule has 0 aromatic carbocycles. The Bertz CT molecular complexity index is 1170. The van der Waals surface area contributed by atoms with Crippen molar-refractivity contribution in [2.24, 2.45) is 0 Å². The van der Waals surface area contributed by atoms with Crippen LogP contribution in [0.25, 0.3) is 0 Å². The van der Waals surface area contributed by atoms with Crippen LogP contribution in [0.4, 0.5) is 0 Å². The van der Waals surface area contributed by atoms with Gasteiger partial charge in [-0.15, -0.1) is 0 Å². The van der Waals surface area contributed by atoms with E-state index in [1.165, 1.54) is 225 Å². The van der Waals surface area contributed by atoms with Gasteiger partial charge in [0.2, 0.25) is 0 Å². The summed E-state index contributed by atoms with van der Waals surface area (Å²) in [6, 6.07) is 0. The van der Waals surface area contributed by atoms with E-state index in [2.05, 4.69) is 57.2 Å². The van der Waals surface area contributed by atoms with Crippen LogP contribution in [-0.2, 0) is 28.6 Å². The minimum absolute atomic E-state index is 0.0716. The molecule has 0 saturated heterocycles. The van der Waals surface area contributed by atoms with Gasteiger partial charge in [0.25, 0.3) is 0 Å². The standard InChI is InChI=1S/C64H118O6/c1-4-7-10-13-16-19-21-23-25-27-28-29-30-31-32-33-34-35-36-38-39-41-43-45-48-51-54-57-63(66)69-60-61(59-68-62(65)56-53-50-47-18-15-12-9-6-3)70-64(67)58-55-52-49-46-44-42-40-37-26-24-22-20-17-14-11-8-5-2/h17,20,24,26-28,61H,4-16,18-19,21-23,25,29-60H2,1-3H3/b20-17-,26-24-,28-27-. The summed E-state index contributed by atoms with van der Waals surface area (Å²) in [6.45, 7) is 6.62. The fourth-order valence-electron chi connectivity index (χ4n) is 9.18. The summed E-state index contributed by atoms with van der Waals surface area (Å²) < 4.78 is 16.8. The third-order valence-electron chi connectivity index (χ3n) is 13.9. The molecule has 0 aliphatic carbocycles. The Hall–Kier alpha value is -2.37. The fourth-order valence-corrected chi connectivity index (χ4v) is 9.18. The quantitative estimate of drug-likeness (QED) is 0.0261. The SMILES string of the molecule is CCCCC/C=C\C/C=C\CCCCCCCCCC(=O)OC(COC(=O)CCCCCCCCCC)COC(=O)CCCCCCCCCCCCCCCCC/C=C\CCCCCCCCCC. The highest BCUT2D eigenvalue weighted by atomic mass is 16.6. The predicted octanol–water partition coefficient (Wildman–Crippen LogP) is 20.8. The average molecular weight is 984 g/mol. The Morgan fingerprint density at radius 1 is 0.286 bits per heavy atom. The highest BCUT2D eigenvalue weighted by molar-refractivity contribution is 5.71. The summed E-state index contributed by atoms with van der Waals surface area (Å²) in [5.41, 5.74) is 0. The number of ether oxygens (including phenoxy) is 3. The van der Waals surface area contributed by atoms with Gasteiger partial charge in [-0.1, -0.05) is 276 Å². The molecule has 6 nitrogen and oxygen atoms in total. The zero-order valence-electron chi connectivity index (χ0n) is 47.1. The van der Waals surface area contributed by atoms with Crippen molar-refractivity contribution in [1.82, 2.24) is 0 Å². The van der Waals surface area contributed by atoms with E-state index in [1.54, 1.807) is 0 Å². The van der Waals surface area contributed by atoms with Crippen LogP contribution in [0.5, 0.6) is 0 Å². The topological polar surface area (TPSA) is 78.9 Å². The van der Waals surface area contributed by atoms with Crippen LogP contribution in [0.3, 0.4) is 0 Å². The predicted molar refractivity (Wildman–Crippen MR) is 302 cm³/mol. The second-order valence-electron chi connectivity index (χ2n) is 21.0. The van der Waals surface area contributed by atoms with E-state index in [1.807, 2.05) is 0 Å².